The fourth-order valence-corrected chi connectivity index (χ4v) is 7.14. The van der Waals surface area contributed by atoms with Gasteiger partial charge < -0.3 is 21.3 Å². The second-order valence-electron chi connectivity index (χ2n) is 8.46. The van der Waals surface area contributed by atoms with E-state index in [0.29, 0.717) is 24.3 Å². The monoisotopic (exact) mass is 440 g/mol. The topological polar surface area (TPSA) is 96.2 Å². The summed E-state index contributed by atoms with van der Waals surface area (Å²) in [4.78, 5) is 25.5. The Labute approximate surface area is 182 Å². The number of hydrogen-bond donors (Lipinski definition) is 3. The van der Waals surface area contributed by atoms with Gasteiger partial charge in [-0.25, -0.2) is 4.98 Å². The van der Waals surface area contributed by atoms with E-state index >= 15 is 0 Å². The van der Waals surface area contributed by atoms with E-state index in [1.54, 1.807) is 35.1 Å². The van der Waals surface area contributed by atoms with Gasteiger partial charge in [0.05, 0.1) is 10.9 Å². The molecule has 2 aliphatic heterocycles. The van der Waals surface area contributed by atoms with Crippen molar-refractivity contribution in [1.82, 2.24) is 20.2 Å². The number of hydrogen-bond acceptors (Lipinski definition) is 8. The Kier molecular flexibility index (Phi) is 4.61. The van der Waals surface area contributed by atoms with Crippen LogP contribution in [0.5, 0.6) is 0 Å². The van der Waals surface area contributed by atoms with E-state index in [1.165, 1.54) is 10.4 Å². The van der Waals surface area contributed by atoms with Crippen molar-refractivity contribution >= 4 is 43.8 Å². The second kappa shape index (κ2) is 7.35. The molecule has 3 aromatic heterocycles. The molecular weight excluding hydrogens is 416 g/mol. The molecule has 7 nitrogen and oxygen atoms in total. The molecule has 1 saturated carbocycles. The first-order valence-electron chi connectivity index (χ1n) is 10.5. The summed E-state index contributed by atoms with van der Waals surface area (Å²) in [6.07, 6.45) is 5.08. The van der Waals surface area contributed by atoms with E-state index in [-0.39, 0.29) is 5.91 Å². The van der Waals surface area contributed by atoms with E-state index in [1.807, 2.05) is 6.07 Å². The molecule has 3 atom stereocenters. The maximum Gasteiger partial charge on any atom is 0.226 e. The standard InChI is InChI=1S/C21H24N6OS2/c22-19-12-9-27(10-13(12)19)6-3-17(28)26-21-18(11-1-4-24-8-16(11)30-21)20-25-14-7-23-5-2-15(14)29-20/h2,5,7,12-13,19,24H,1,3-4,6,8-10,22H2,(H,26,28)/t12-,13+,19+. The molecule has 4 N–H and O–H groups in total. The molecule has 0 radical (unpaired) electrons. The number of likely N-dealkylation sites (tertiary alicyclic amines) is 1. The van der Waals surface area contributed by atoms with Gasteiger partial charge in [0.1, 0.15) is 15.5 Å². The molecular formula is C21H24N6OS2. The first kappa shape index (κ1) is 18.8. The van der Waals surface area contributed by atoms with Gasteiger partial charge in [-0.05, 0) is 36.4 Å². The fourth-order valence-electron chi connectivity index (χ4n) is 4.83. The number of rotatable bonds is 5. The lowest BCUT2D eigenvalue weighted by Gasteiger charge is -2.18. The van der Waals surface area contributed by atoms with Gasteiger partial charge in [0.15, 0.2) is 0 Å². The van der Waals surface area contributed by atoms with Crippen LogP contribution >= 0.6 is 22.7 Å². The minimum atomic E-state index is 0.0791. The largest absolute Gasteiger partial charge is 0.327 e. The van der Waals surface area contributed by atoms with E-state index < -0.39 is 0 Å². The van der Waals surface area contributed by atoms with Crippen LogP contribution in [0, 0.1) is 11.8 Å². The van der Waals surface area contributed by atoms with Crippen LogP contribution in [0.4, 0.5) is 5.00 Å². The minimum absolute atomic E-state index is 0.0791. The van der Waals surface area contributed by atoms with E-state index in [0.717, 1.165) is 64.9 Å². The molecule has 9 heteroatoms. The van der Waals surface area contributed by atoms with Gasteiger partial charge in [-0.3, -0.25) is 9.78 Å². The second-order valence-corrected chi connectivity index (χ2v) is 10.6. The van der Waals surface area contributed by atoms with Gasteiger partial charge in [0.25, 0.3) is 0 Å². The lowest BCUT2D eigenvalue weighted by atomic mass is 10.0. The SMILES string of the molecule is N[C@@H]1[C@H]2CN(CCC(=O)Nc3sc4c(c3-c3nc5cnccc5s3)CCNC4)C[C@@H]12. The van der Waals surface area contributed by atoms with Gasteiger partial charge in [0, 0.05) is 55.3 Å². The van der Waals surface area contributed by atoms with E-state index in [9.17, 15) is 4.79 Å². The molecule has 0 bridgehead atoms. The summed E-state index contributed by atoms with van der Waals surface area (Å²) in [7, 11) is 0. The van der Waals surface area contributed by atoms with Gasteiger partial charge in [-0.1, -0.05) is 0 Å². The molecule has 30 heavy (non-hydrogen) atoms. The number of thiazole rings is 1. The predicted octanol–water partition coefficient (Wildman–Crippen LogP) is 2.28. The highest BCUT2D eigenvalue weighted by Gasteiger charge is 2.53. The summed E-state index contributed by atoms with van der Waals surface area (Å²) < 4.78 is 1.12. The number of carbonyl (C=O) groups excluding carboxylic acids is 1. The van der Waals surface area contributed by atoms with Crippen molar-refractivity contribution in [1.29, 1.82) is 0 Å². The average Bonchev–Trinajstić information content (AvgIpc) is 3.20. The van der Waals surface area contributed by atoms with Crippen LogP contribution in [0.1, 0.15) is 16.9 Å². The third-order valence-electron chi connectivity index (χ3n) is 6.58. The Morgan fingerprint density at radius 2 is 2.20 bits per heavy atom. The zero-order valence-electron chi connectivity index (χ0n) is 16.6. The average molecular weight is 441 g/mol. The number of amides is 1. The van der Waals surface area contributed by atoms with Gasteiger partial charge in [0.2, 0.25) is 5.91 Å². The molecule has 0 unspecified atom stereocenters. The van der Waals surface area contributed by atoms with Crippen LogP contribution in [0.2, 0.25) is 0 Å². The van der Waals surface area contributed by atoms with Crippen LogP contribution in [0.25, 0.3) is 20.8 Å². The summed E-state index contributed by atoms with van der Waals surface area (Å²) in [6, 6.07) is 2.40. The Bertz CT molecular complexity index is 1080. The zero-order chi connectivity index (χ0) is 20.2. The number of nitrogens with zero attached hydrogens (tertiary/aromatic N) is 3. The minimum Gasteiger partial charge on any atom is -0.327 e. The third-order valence-corrected chi connectivity index (χ3v) is 8.78. The Morgan fingerprint density at radius 1 is 1.33 bits per heavy atom. The number of fused-ring (bicyclic) bond motifs is 3. The number of thiophene rings is 1. The Balaban J connectivity index is 1.23. The first-order chi connectivity index (χ1) is 14.7. The molecule has 6 rings (SSSR count). The summed E-state index contributed by atoms with van der Waals surface area (Å²) in [5.41, 5.74) is 9.37. The maximum atomic E-state index is 12.8. The normalized spacial score (nSPS) is 25.3. The van der Waals surface area contributed by atoms with Crippen LogP contribution in [-0.4, -0.2) is 53.0 Å². The van der Waals surface area contributed by atoms with Crippen molar-refractivity contribution in [3.8, 4) is 10.6 Å². The molecule has 0 spiro atoms. The molecule has 5 heterocycles. The van der Waals surface area contributed by atoms with Crippen molar-refractivity contribution in [3.63, 3.8) is 0 Å². The Morgan fingerprint density at radius 3 is 3.03 bits per heavy atom. The molecule has 156 valence electrons. The van der Waals surface area contributed by atoms with Crippen molar-refractivity contribution < 1.29 is 4.79 Å². The van der Waals surface area contributed by atoms with Gasteiger partial charge in [-0.2, -0.15) is 0 Å². The molecule has 2 fully saturated rings. The number of pyridine rings is 1. The van der Waals surface area contributed by atoms with Crippen LogP contribution in [0.15, 0.2) is 18.5 Å². The number of anilines is 1. The number of carbonyl (C=O) groups is 1. The third kappa shape index (κ3) is 3.25. The number of aromatic nitrogens is 2. The quantitative estimate of drug-likeness (QED) is 0.563. The molecule has 0 aromatic carbocycles. The van der Waals surface area contributed by atoms with Gasteiger partial charge >= 0.3 is 0 Å². The smallest absolute Gasteiger partial charge is 0.226 e. The van der Waals surface area contributed by atoms with E-state index in [4.69, 9.17) is 10.7 Å². The summed E-state index contributed by atoms with van der Waals surface area (Å²) >= 11 is 3.36. The number of nitrogens with one attached hydrogen (secondary N) is 2. The van der Waals surface area contributed by atoms with Crippen molar-refractivity contribution in [2.75, 3.05) is 31.5 Å². The molecule has 1 aliphatic carbocycles. The van der Waals surface area contributed by atoms with Crippen molar-refractivity contribution in [3.05, 3.63) is 28.9 Å². The zero-order valence-corrected chi connectivity index (χ0v) is 18.2. The van der Waals surface area contributed by atoms with Crippen LogP contribution < -0.4 is 16.4 Å². The van der Waals surface area contributed by atoms with Crippen molar-refractivity contribution in [2.24, 2.45) is 17.6 Å². The van der Waals surface area contributed by atoms with Crippen LogP contribution in [-0.2, 0) is 17.8 Å². The highest BCUT2D eigenvalue weighted by atomic mass is 32.1. The summed E-state index contributed by atoms with van der Waals surface area (Å²) in [6.45, 7) is 4.70. The lowest BCUT2D eigenvalue weighted by molar-refractivity contribution is -0.116. The highest BCUT2D eigenvalue weighted by Crippen LogP contribution is 2.45. The lowest BCUT2D eigenvalue weighted by Crippen LogP contribution is -2.31. The fraction of sp³-hybridized carbons (Fsp3) is 0.476. The first-order valence-corrected chi connectivity index (χ1v) is 12.1. The molecule has 3 aliphatic rings. The highest BCUT2D eigenvalue weighted by molar-refractivity contribution is 7.22. The number of piperidine rings is 1. The molecule has 3 aromatic rings. The molecule has 1 saturated heterocycles. The number of nitrogens with two attached hydrogens (primary N) is 1. The van der Waals surface area contributed by atoms with Gasteiger partial charge in [-0.15, -0.1) is 22.7 Å². The Hall–Kier alpha value is -1.91. The van der Waals surface area contributed by atoms with Crippen molar-refractivity contribution in [2.45, 2.75) is 25.4 Å². The predicted molar refractivity (Wildman–Crippen MR) is 121 cm³/mol. The maximum absolute atomic E-state index is 12.8. The van der Waals surface area contributed by atoms with Crippen LogP contribution in [0.3, 0.4) is 0 Å². The summed E-state index contributed by atoms with van der Waals surface area (Å²) in [5, 5.41) is 8.57. The molecule has 1 amide bonds. The van der Waals surface area contributed by atoms with E-state index in [2.05, 4.69) is 20.5 Å². The summed E-state index contributed by atoms with van der Waals surface area (Å²) in [5.74, 6) is 1.39.